The van der Waals surface area contributed by atoms with Crippen LogP contribution >= 0.6 is 0 Å². The summed E-state index contributed by atoms with van der Waals surface area (Å²) < 4.78 is 4.80. The van der Waals surface area contributed by atoms with Crippen molar-refractivity contribution in [1.29, 1.82) is 0 Å². The summed E-state index contributed by atoms with van der Waals surface area (Å²) in [6.45, 7) is 3.41. The Balaban J connectivity index is 2.57. The second kappa shape index (κ2) is 7.61. The highest BCUT2D eigenvalue weighted by Gasteiger charge is 2.32. The van der Waals surface area contributed by atoms with Crippen molar-refractivity contribution in [2.75, 3.05) is 6.61 Å². The fourth-order valence-electron chi connectivity index (χ4n) is 2.04. The van der Waals surface area contributed by atoms with Crippen molar-refractivity contribution in [2.45, 2.75) is 45.2 Å². The van der Waals surface area contributed by atoms with E-state index in [1.165, 1.54) is 6.92 Å². The summed E-state index contributed by atoms with van der Waals surface area (Å²) in [5.41, 5.74) is 0. The molecule has 0 aromatic heterocycles. The van der Waals surface area contributed by atoms with Crippen LogP contribution in [0.3, 0.4) is 0 Å². The minimum absolute atomic E-state index is 0.0689. The number of nitrogens with one attached hydrogen (secondary N) is 2. The van der Waals surface area contributed by atoms with Crippen LogP contribution in [0.15, 0.2) is 0 Å². The molecule has 1 rings (SSSR count). The number of carbonyl (C=O) groups is 4. The maximum Gasteiger partial charge on any atom is 0.326 e. The largest absolute Gasteiger partial charge is 0.480 e. The van der Waals surface area contributed by atoms with Gasteiger partial charge in [0.1, 0.15) is 12.1 Å². The van der Waals surface area contributed by atoms with Crippen molar-refractivity contribution >= 4 is 23.8 Å². The van der Waals surface area contributed by atoms with Crippen LogP contribution < -0.4 is 10.6 Å². The van der Waals surface area contributed by atoms with Crippen molar-refractivity contribution in [1.82, 2.24) is 10.6 Å². The topological polar surface area (TPSA) is 122 Å². The van der Waals surface area contributed by atoms with E-state index in [9.17, 15) is 19.2 Å². The Kier molecular flexibility index (Phi) is 6.13. The Labute approximate surface area is 122 Å². The maximum atomic E-state index is 11.9. The lowest BCUT2D eigenvalue weighted by Crippen LogP contribution is -2.49. The molecular formula is C13H20N2O6. The number of aliphatic carboxylic acids is 1. The Hall–Kier alpha value is -2.12. The summed E-state index contributed by atoms with van der Waals surface area (Å²) in [5.74, 6) is -3.17. The Morgan fingerprint density at radius 2 is 2.14 bits per heavy atom. The lowest BCUT2D eigenvalue weighted by Gasteiger charge is -2.19. The first-order valence-corrected chi connectivity index (χ1v) is 6.84. The van der Waals surface area contributed by atoms with Crippen LogP contribution in [-0.4, -0.2) is 47.6 Å². The minimum Gasteiger partial charge on any atom is -0.480 e. The first-order chi connectivity index (χ1) is 9.85. The number of carboxylic acids is 1. The van der Waals surface area contributed by atoms with Crippen LogP contribution in [0.1, 0.15) is 33.1 Å². The van der Waals surface area contributed by atoms with Gasteiger partial charge in [-0.1, -0.05) is 6.92 Å². The Bertz CT molecular complexity index is 436. The van der Waals surface area contributed by atoms with Crippen LogP contribution in [0.4, 0.5) is 0 Å². The third-order valence-electron chi connectivity index (χ3n) is 3.20. The molecule has 8 nitrogen and oxygen atoms in total. The van der Waals surface area contributed by atoms with E-state index in [1.54, 1.807) is 6.92 Å². The average Bonchev–Trinajstić information content (AvgIpc) is 2.84. The van der Waals surface area contributed by atoms with Gasteiger partial charge in [0, 0.05) is 6.42 Å². The molecule has 0 spiro atoms. The smallest absolute Gasteiger partial charge is 0.326 e. The zero-order valence-electron chi connectivity index (χ0n) is 12.0. The molecule has 118 valence electrons. The van der Waals surface area contributed by atoms with Gasteiger partial charge >= 0.3 is 11.9 Å². The highest BCUT2D eigenvalue weighted by Crippen LogP contribution is 2.11. The van der Waals surface area contributed by atoms with E-state index in [4.69, 9.17) is 9.84 Å². The van der Waals surface area contributed by atoms with Gasteiger partial charge in [0.05, 0.1) is 12.5 Å². The zero-order valence-corrected chi connectivity index (χ0v) is 12.0. The number of rotatable bonds is 7. The summed E-state index contributed by atoms with van der Waals surface area (Å²) >= 11 is 0. The number of hydrogen-bond donors (Lipinski definition) is 3. The Morgan fingerprint density at radius 1 is 1.48 bits per heavy atom. The third kappa shape index (κ3) is 5.05. The fourth-order valence-corrected chi connectivity index (χ4v) is 2.04. The van der Waals surface area contributed by atoms with Crippen molar-refractivity contribution in [3.8, 4) is 0 Å². The van der Waals surface area contributed by atoms with Gasteiger partial charge in [0.15, 0.2) is 0 Å². The molecule has 2 amide bonds. The summed E-state index contributed by atoms with van der Waals surface area (Å²) in [7, 11) is 0. The third-order valence-corrected chi connectivity index (χ3v) is 3.20. The molecule has 3 N–H and O–H groups in total. The van der Waals surface area contributed by atoms with Gasteiger partial charge in [0.25, 0.3) is 0 Å². The Morgan fingerprint density at radius 3 is 2.62 bits per heavy atom. The second-order valence-electron chi connectivity index (χ2n) is 4.95. The maximum absolute atomic E-state index is 11.9. The molecule has 0 aliphatic carbocycles. The molecule has 0 saturated carbocycles. The van der Waals surface area contributed by atoms with Gasteiger partial charge in [-0.05, 0) is 19.8 Å². The van der Waals surface area contributed by atoms with E-state index in [0.717, 1.165) is 0 Å². The zero-order chi connectivity index (χ0) is 16.0. The SMILES string of the molecule is CCOC(=O)[C@H](C)C[C@@H](NC(=O)[C@@H]1CCC(=O)N1)C(=O)O. The van der Waals surface area contributed by atoms with E-state index >= 15 is 0 Å². The number of amides is 2. The van der Waals surface area contributed by atoms with Crippen LogP contribution in [0.25, 0.3) is 0 Å². The summed E-state index contributed by atoms with van der Waals surface area (Å²) in [4.78, 5) is 45.6. The molecule has 1 saturated heterocycles. The number of carboxylic acid groups (broad SMARTS) is 1. The van der Waals surface area contributed by atoms with E-state index in [0.29, 0.717) is 6.42 Å². The van der Waals surface area contributed by atoms with Gasteiger partial charge < -0.3 is 20.5 Å². The number of hydrogen-bond acceptors (Lipinski definition) is 5. The molecule has 21 heavy (non-hydrogen) atoms. The molecular weight excluding hydrogens is 280 g/mol. The molecule has 1 aliphatic heterocycles. The van der Waals surface area contributed by atoms with E-state index in [2.05, 4.69) is 10.6 Å². The molecule has 0 radical (unpaired) electrons. The first-order valence-electron chi connectivity index (χ1n) is 6.84. The second-order valence-corrected chi connectivity index (χ2v) is 4.95. The molecule has 1 heterocycles. The highest BCUT2D eigenvalue weighted by atomic mass is 16.5. The molecule has 0 bridgehead atoms. The molecule has 0 unspecified atom stereocenters. The van der Waals surface area contributed by atoms with E-state index in [1.807, 2.05) is 0 Å². The number of esters is 1. The molecule has 0 aromatic rings. The van der Waals surface area contributed by atoms with Crippen molar-refractivity contribution < 1.29 is 29.0 Å². The fraction of sp³-hybridized carbons (Fsp3) is 0.692. The van der Waals surface area contributed by atoms with Gasteiger partial charge in [-0.3, -0.25) is 14.4 Å². The molecule has 1 aliphatic rings. The summed E-state index contributed by atoms with van der Waals surface area (Å²) in [6.07, 6.45) is 0.514. The molecule has 3 atom stereocenters. The predicted octanol–water partition coefficient (Wildman–Crippen LogP) is -0.576. The van der Waals surface area contributed by atoms with Crippen LogP contribution in [0, 0.1) is 5.92 Å². The molecule has 0 aromatic carbocycles. The summed E-state index contributed by atoms with van der Waals surface area (Å²) in [6, 6.07) is -1.91. The minimum atomic E-state index is -1.23. The average molecular weight is 300 g/mol. The van der Waals surface area contributed by atoms with Crippen LogP contribution in [0.2, 0.25) is 0 Å². The normalized spacial score (nSPS) is 20.3. The van der Waals surface area contributed by atoms with Crippen LogP contribution in [0.5, 0.6) is 0 Å². The predicted molar refractivity (Wildman–Crippen MR) is 71.1 cm³/mol. The quantitative estimate of drug-likeness (QED) is 0.541. The lowest BCUT2D eigenvalue weighted by atomic mass is 10.0. The van der Waals surface area contributed by atoms with Crippen molar-refractivity contribution in [2.24, 2.45) is 5.92 Å². The standard InChI is InChI=1S/C13H20N2O6/c1-3-21-13(20)7(2)6-9(12(18)19)15-11(17)8-4-5-10(16)14-8/h7-9H,3-6H2,1-2H3,(H,14,16)(H,15,17)(H,18,19)/t7-,8+,9-/m1/s1. The van der Waals surface area contributed by atoms with E-state index in [-0.39, 0.29) is 25.4 Å². The van der Waals surface area contributed by atoms with Crippen molar-refractivity contribution in [3.63, 3.8) is 0 Å². The molecule has 1 fully saturated rings. The summed E-state index contributed by atoms with van der Waals surface area (Å²) in [5, 5.41) is 13.9. The van der Waals surface area contributed by atoms with Crippen molar-refractivity contribution in [3.05, 3.63) is 0 Å². The van der Waals surface area contributed by atoms with Gasteiger partial charge in [-0.15, -0.1) is 0 Å². The van der Waals surface area contributed by atoms with E-state index < -0.39 is 35.8 Å². The van der Waals surface area contributed by atoms with Gasteiger partial charge in [-0.2, -0.15) is 0 Å². The lowest BCUT2D eigenvalue weighted by molar-refractivity contribution is -0.149. The van der Waals surface area contributed by atoms with Crippen LogP contribution in [-0.2, 0) is 23.9 Å². The first kappa shape index (κ1) is 16.9. The highest BCUT2D eigenvalue weighted by molar-refractivity contribution is 5.92. The van der Waals surface area contributed by atoms with Gasteiger partial charge in [0.2, 0.25) is 11.8 Å². The molecule has 8 heteroatoms. The monoisotopic (exact) mass is 300 g/mol. The van der Waals surface area contributed by atoms with Gasteiger partial charge in [-0.25, -0.2) is 4.79 Å². The number of ether oxygens (including phenoxy) is 1. The number of carbonyl (C=O) groups excluding carboxylic acids is 3.